The summed E-state index contributed by atoms with van der Waals surface area (Å²) in [6, 6.07) is 5.24. The van der Waals surface area contributed by atoms with E-state index in [0.717, 1.165) is 12.8 Å². The van der Waals surface area contributed by atoms with Gasteiger partial charge in [-0.3, -0.25) is 0 Å². The molecule has 1 fully saturated rings. The maximum atomic E-state index is 12.6. The van der Waals surface area contributed by atoms with Crippen molar-refractivity contribution < 1.29 is 21.9 Å². The van der Waals surface area contributed by atoms with Crippen molar-refractivity contribution in [2.75, 3.05) is 26.2 Å². The van der Waals surface area contributed by atoms with E-state index in [1.807, 2.05) is 0 Å². The van der Waals surface area contributed by atoms with Crippen molar-refractivity contribution in [1.82, 2.24) is 9.03 Å². The summed E-state index contributed by atoms with van der Waals surface area (Å²) in [6.45, 7) is 3.12. The highest BCUT2D eigenvalue weighted by atomic mass is 32.2. The fourth-order valence-corrected chi connectivity index (χ4v) is 5.08. The van der Waals surface area contributed by atoms with Crippen LogP contribution in [0.3, 0.4) is 0 Å². The van der Waals surface area contributed by atoms with Crippen LogP contribution in [-0.4, -0.2) is 52.5 Å². The molecule has 0 aliphatic carbocycles. The lowest BCUT2D eigenvalue weighted by atomic mass is 10.0. The predicted octanol–water partition coefficient (Wildman–Crippen LogP) is 0.768. The lowest BCUT2D eigenvalue weighted by Gasteiger charge is -2.29. The monoisotopic (exact) mass is 376 g/mol. The van der Waals surface area contributed by atoms with Crippen LogP contribution in [0.4, 0.5) is 0 Å². The third-order valence-electron chi connectivity index (χ3n) is 4.14. The maximum Gasteiger partial charge on any atom is 0.243 e. The normalized spacial score (nSPS) is 17.9. The summed E-state index contributed by atoms with van der Waals surface area (Å²) in [4.78, 5) is 0.109. The minimum absolute atomic E-state index is 0.00616. The molecule has 24 heavy (non-hydrogen) atoms. The van der Waals surface area contributed by atoms with Crippen LogP contribution in [0, 0.1) is 5.92 Å². The molecule has 1 saturated heterocycles. The number of aliphatic hydroxyl groups is 1. The lowest BCUT2D eigenvalue weighted by molar-refractivity contribution is 0.288. The van der Waals surface area contributed by atoms with E-state index in [2.05, 4.69) is 11.6 Å². The third kappa shape index (κ3) is 4.54. The predicted molar refractivity (Wildman–Crippen MR) is 90.5 cm³/mol. The minimum Gasteiger partial charge on any atom is -0.396 e. The summed E-state index contributed by atoms with van der Waals surface area (Å²) < 4.78 is 53.1. The third-order valence-corrected chi connectivity index (χ3v) is 7.53. The van der Waals surface area contributed by atoms with Crippen molar-refractivity contribution in [1.29, 1.82) is 0 Å². The van der Waals surface area contributed by atoms with Crippen LogP contribution in [0.5, 0.6) is 0 Å². The largest absolute Gasteiger partial charge is 0.396 e. The Balaban J connectivity index is 2.13. The zero-order valence-electron chi connectivity index (χ0n) is 13.7. The molecule has 0 atom stereocenters. The number of nitrogens with one attached hydrogen (secondary N) is 1. The van der Waals surface area contributed by atoms with Crippen LogP contribution in [0.25, 0.3) is 0 Å². The van der Waals surface area contributed by atoms with E-state index in [1.165, 1.54) is 28.6 Å². The molecule has 0 unspecified atom stereocenters. The molecule has 1 aliphatic rings. The molecule has 1 aromatic rings. The van der Waals surface area contributed by atoms with Crippen molar-refractivity contribution in [2.45, 2.75) is 36.0 Å². The van der Waals surface area contributed by atoms with E-state index in [-0.39, 0.29) is 22.9 Å². The van der Waals surface area contributed by atoms with Crippen molar-refractivity contribution in [3.8, 4) is 0 Å². The second kappa shape index (κ2) is 7.92. The molecule has 2 N–H and O–H groups in total. The van der Waals surface area contributed by atoms with Gasteiger partial charge in [-0.25, -0.2) is 21.6 Å². The maximum absolute atomic E-state index is 12.6. The molecule has 7 nitrogen and oxygen atoms in total. The highest BCUT2D eigenvalue weighted by molar-refractivity contribution is 7.89. The summed E-state index contributed by atoms with van der Waals surface area (Å²) in [6.07, 6.45) is 1.99. The lowest BCUT2D eigenvalue weighted by Crippen LogP contribution is -2.37. The van der Waals surface area contributed by atoms with Crippen molar-refractivity contribution >= 4 is 20.0 Å². The van der Waals surface area contributed by atoms with Gasteiger partial charge in [0, 0.05) is 26.2 Å². The molecule has 2 rings (SSSR count). The number of aliphatic hydroxyl groups excluding tert-OH is 1. The molecule has 9 heteroatoms. The Bertz CT molecular complexity index is 737. The number of hydrogen-bond acceptors (Lipinski definition) is 5. The first-order valence-corrected chi connectivity index (χ1v) is 10.9. The molecule has 0 spiro atoms. The summed E-state index contributed by atoms with van der Waals surface area (Å²) in [5, 5.41) is 8.69. The van der Waals surface area contributed by atoms with Crippen molar-refractivity contribution in [3.63, 3.8) is 0 Å². The summed E-state index contributed by atoms with van der Waals surface area (Å²) in [5.41, 5.74) is 0. The van der Waals surface area contributed by atoms with Crippen LogP contribution in [0.1, 0.15) is 26.2 Å². The first kappa shape index (κ1) is 19.3. The molecule has 0 amide bonds. The second-order valence-corrected chi connectivity index (χ2v) is 9.74. The average molecular weight is 377 g/mol. The van der Waals surface area contributed by atoms with E-state index in [4.69, 9.17) is 5.11 Å². The molecule has 0 bridgehead atoms. The van der Waals surface area contributed by atoms with Crippen LogP contribution in [-0.2, 0) is 20.0 Å². The van der Waals surface area contributed by atoms with Crippen LogP contribution < -0.4 is 4.72 Å². The number of sulfonamides is 2. The number of nitrogens with zero attached hydrogens (tertiary/aromatic N) is 1. The second-order valence-electron chi connectivity index (χ2n) is 6.03. The Kier molecular flexibility index (Phi) is 6.38. The Morgan fingerprint density at radius 3 is 2.17 bits per heavy atom. The van der Waals surface area contributed by atoms with E-state index in [1.54, 1.807) is 0 Å². The average Bonchev–Trinajstić information content (AvgIpc) is 2.55. The van der Waals surface area contributed by atoms with Gasteiger partial charge in [0.1, 0.15) is 0 Å². The fourth-order valence-electron chi connectivity index (χ4n) is 2.53. The Morgan fingerprint density at radius 2 is 1.62 bits per heavy atom. The van der Waals surface area contributed by atoms with Gasteiger partial charge < -0.3 is 5.11 Å². The summed E-state index contributed by atoms with van der Waals surface area (Å²) in [5.74, 6) is 0.522. The summed E-state index contributed by atoms with van der Waals surface area (Å²) >= 11 is 0. The molecule has 1 aromatic carbocycles. The Morgan fingerprint density at radius 1 is 1.08 bits per heavy atom. The molecule has 136 valence electrons. The Labute approximate surface area is 143 Å². The van der Waals surface area contributed by atoms with Gasteiger partial charge in [-0.1, -0.05) is 6.92 Å². The highest BCUT2D eigenvalue weighted by Gasteiger charge is 2.28. The van der Waals surface area contributed by atoms with Gasteiger partial charge in [-0.2, -0.15) is 4.31 Å². The van der Waals surface area contributed by atoms with E-state index in [0.29, 0.717) is 25.4 Å². The van der Waals surface area contributed by atoms with E-state index in [9.17, 15) is 16.8 Å². The SMILES string of the molecule is CC1CCN(S(=O)(=O)c2ccc(S(=O)(=O)NCCCO)cc2)CC1. The van der Waals surface area contributed by atoms with Crippen LogP contribution in [0.15, 0.2) is 34.1 Å². The topological polar surface area (TPSA) is 104 Å². The molecule has 1 aliphatic heterocycles. The first-order chi connectivity index (χ1) is 11.3. The molecule has 1 heterocycles. The number of benzene rings is 1. The summed E-state index contributed by atoms with van der Waals surface area (Å²) in [7, 11) is -7.28. The zero-order chi connectivity index (χ0) is 17.8. The minimum atomic E-state index is -3.70. The van der Waals surface area contributed by atoms with Crippen LogP contribution >= 0.6 is 0 Å². The number of piperidine rings is 1. The van der Waals surface area contributed by atoms with Gasteiger partial charge in [0.25, 0.3) is 0 Å². The molecule has 0 radical (unpaired) electrons. The molecule has 0 saturated carbocycles. The van der Waals surface area contributed by atoms with Crippen molar-refractivity contribution in [2.24, 2.45) is 5.92 Å². The first-order valence-electron chi connectivity index (χ1n) is 7.98. The molecular formula is C15H24N2O5S2. The standard InChI is InChI=1S/C15H24N2O5S2/c1-13-7-10-17(11-8-13)24(21,22)15-5-3-14(4-6-15)23(19,20)16-9-2-12-18/h3-6,13,16,18H,2,7-12H2,1H3. The van der Waals surface area contributed by atoms with E-state index < -0.39 is 20.0 Å². The van der Waals surface area contributed by atoms with Gasteiger partial charge in [0.2, 0.25) is 20.0 Å². The molecular weight excluding hydrogens is 352 g/mol. The number of rotatable bonds is 7. The Hall–Kier alpha value is -1.00. The van der Waals surface area contributed by atoms with Gasteiger partial charge in [-0.15, -0.1) is 0 Å². The van der Waals surface area contributed by atoms with Gasteiger partial charge in [0.15, 0.2) is 0 Å². The van der Waals surface area contributed by atoms with Gasteiger partial charge in [-0.05, 0) is 49.4 Å². The highest BCUT2D eigenvalue weighted by Crippen LogP contribution is 2.24. The van der Waals surface area contributed by atoms with Crippen molar-refractivity contribution in [3.05, 3.63) is 24.3 Å². The van der Waals surface area contributed by atoms with Gasteiger partial charge >= 0.3 is 0 Å². The number of hydrogen-bond donors (Lipinski definition) is 2. The van der Waals surface area contributed by atoms with Gasteiger partial charge in [0.05, 0.1) is 9.79 Å². The molecule has 0 aromatic heterocycles. The smallest absolute Gasteiger partial charge is 0.243 e. The fraction of sp³-hybridized carbons (Fsp3) is 0.600. The van der Waals surface area contributed by atoms with E-state index >= 15 is 0 Å². The van der Waals surface area contributed by atoms with Crippen LogP contribution in [0.2, 0.25) is 0 Å². The quantitative estimate of drug-likeness (QED) is 0.684. The zero-order valence-corrected chi connectivity index (χ0v) is 15.3.